The molecule has 0 unspecified atom stereocenters. The number of methoxy groups -OCH3 is 2. The van der Waals surface area contributed by atoms with Crippen molar-refractivity contribution >= 4 is 16.7 Å². The first-order valence-electron chi connectivity index (χ1n) is 5.49. The Kier molecular flexibility index (Phi) is 3.37. The summed E-state index contributed by atoms with van der Waals surface area (Å²) in [6.07, 6.45) is 0. The molecule has 0 saturated carbocycles. The summed E-state index contributed by atoms with van der Waals surface area (Å²) in [5.41, 5.74) is 0. The van der Waals surface area contributed by atoms with Gasteiger partial charge in [0.25, 0.3) is 0 Å². The molecule has 2 aromatic rings. The Morgan fingerprint density at radius 3 is 2.17 bits per heavy atom. The third kappa shape index (κ3) is 2.09. The molecule has 0 aromatic heterocycles. The molecule has 4 heteroatoms. The van der Waals surface area contributed by atoms with Crippen LogP contribution in [0.5, 0.6) is 17.2 Å². The summed E-state index contributed by atoms with van der Waals surface area (Å²) in [5.74, 6) is 1.18. The Morgan fingerprint density at radius 1 is 1.00 bits per heavy atom. The van der Waals surface area contributed by atoms with Crippen molar-refractivity contribution in [2.75, 3.05) is 14.2 Å². The fraction of sp³-hybridized carbons (Fsp3) is 0.214. The van der Waals surface area contributed by atoms with Gasteiger partial charge in [0.1, 0.15) is 5.75 Å². The predicted molar refractivity (Wildman–Crippen MR) is 68.4 cm³/mol. The van der Waals surface area contributed by atoms with Crippen LogP contribution in [0, 0.1) is 0 Å². The van der Waals surface area contributed by atoms with Crippen molar-refractivity contribution in [3.05, 3.63) is 30.3 Å². The molecule has 0 atom stereocenters. The van der Waals surface area contributed by atoms with Crippen LogP contribution in [0.1, 0.15) is 6.92 Å². The van der Waals surface area contributed by atoms with E-state index in [0.717, 1.165) is 10.8 Å². The van der Waals surface area contributed by atoms with Gasteiger partial charge in [0.15, 0.2) is 11.5 Å². The van der Waals surface area contributed by atoms with Gasteiger partial charge in [0.05, 0.1) is 14.2 Å². The third-order valence-corrected chi connectivity index (χ3v) is 2.61. The largest absolute Gasteiger partial charge is 0.496 e. The van der Waals surface area contributed by atoms with Gasteiger partial charge in [-0.15, -0.1) is 0 Å². The number of fused-ring (bicyclic) bond motifs is 1. The van der Waals surface area contributed by atoms with Crippen molar-refractivity contribution in [3.63, 3.8) is 0 Å². The van der Waals surface area contributed by atoms with Crippen molar-refractivity contribution in [2.24, 2.45) is 0 Å². The number of benzene rings is 2. The first kappa shape index (κ1) is 12.2. The van der Waals surface area contributed by atoms with Crippen molar-refractivity contribution in [1.29, 1.82) is 0 Å². The number of hydrogen-bond acceptors (Lipinski definition) is 4. The lowest BCUT2D eigenvalue weighted by molar-refractivity contribution is -0.131. The van der Waals surface area contributed by atoms with Gasteiger partial charge in [-0.2, -0.15) is 0 Å². The van der Waals surface area contributed by atoms with Gasteiger partial charge in [-0.3, -0.25) is 4.79 Å². The molecule has 4 nitrogen and oxygen atoms in total. The monoisotopic (exact) mass is 246 g/mol. The van der Waals surface area contributed by atoms with Crippen molar-refractivity contribution in [2.45, 2.75) is 6.92 Å². The average Bonchev–Trinajstić information content (AvgIpc) is 2.38. The van der Waals surface area contributed by atoms with Gasteiger partial charge in [0, 0.05) is 23.8 Å². The minimum absolute atomic E-state index is 0.386. The van der Waals surface area contributed by atoms with E-state index in [0.29, 0.717) is 17.2 Å². The molecule has 0 heterocycles. The van der Waals surface area contributed by atoms with Crippen LogP contribution in [-0.2, 0) is 4.79 Å². The smallest absolute Gasteiger partial charge is 0.308 e. The molecule has 0 N–H and O–H groups in total. The molecule has 0 fully saturated rings. The number of rotatable bonds is 3. The van der Waals surface area contributed by atoms with Gasteiger partial charge >= 0.3 is 5.97 Å². The third-order valence-electron chi connectivity index (χ3n) is 2.61. The molecule has 0 aliphatic heterocycles. The van der Waals surface area contributed by atoms with Crippen LogP contribution < -0.4 is 14.2 Å². The van der Waals surface area contributed by atoms with Crippen LogP contribution in [0.15, 0.2) is 30.3 Å². The molecule has 0 aliphatic rings. The van der Waals surface area contributed by atoms with E-state index in [4.69, 9.17) is 14.2 Å². The fourth-order valence-electron chi connectivity index (χ4n) is 1.86. The highest BCUT2D eigenvalue weighted by Crippen LogP contribution is 2.41. The van der Waals surface area contributed by atoms with Crippen molar-refractivity contribution in [1.82, 2.24) is 0 Å². The zero-order valence-corrected chi connectivity index (χ0v) is 10.5. The molecule has 2 rings (SSSR count). The summed E-state index contributed by atoms with van der Waals surface area (Å²) in [6, 6.07) is 9.24. The van der Waals surface area contributed by atoms with E-state index in [9.17, 15) is 4.79 Å². The first-order chi connectivity index (χ1) is 8.67. The summed E-state index contributed by atoms with van der Waals surface area (Å²) in [6.45, 7) is 1.36. The summed E-state index contributed by atoms with van der Waals surface area (Å²) >= 11 is 0. The predicted octanol–water partition coefficient (Wildman–Crippen LogP) is 2.78. The summed E-state index contributed by atoms with van der Waals surface area (Å²) in [7, 11) is 3.11. The van der Waals surface area contributed by atoms with E-state index in [1.807, 2.05) is 24.3 Å². The molecule has 0 bridgehead atoms. The highest BCUT2D eigenvalue weighted by molar-refractivity contribution is 5.97. The van der Waals surface area contributed by atoms with Crippen LogP contribution in [-0.4, -0.2) is 20.2 Å². The zero-order valence-electron chi connectivity index (χ0n) is 10.5. The molecule has 18 heavy (non-hydrogen) atoms. The molecule has 0 aliphatic carbocycles. The Morgan fingerprint density at radius 2 is 1.61 bits per heavy atom. The number of carbonyl (C=O) groups excluding carboxylic acids is 1. The number of ether oxygens (including phenoxy) is 3. The van der Waals surface area contributed by atoms with E-state index in [-0.39, 0.29) is 5.97 Å². The normalized spacial score (nSPS) is 10.2. The zero-order chi connectivity index (χ0) is 13.1. The van der Waals surface area contributed by atoms with Gasteiger partial charge in [0.2, 0.25) is 0 Å². The van der Waals surface area contributed by atoms with Crippen LogP contribution in [0.2, 0.25) is 0 Å². The molecule has 0 saturated heterocycles. The fourth-order valence-corrected chi connectivity index (χ4v) is 1.86. The second-order valence-corrected chi connectivity index (χ2v) is 3.75. The molecular formula is C14H14O4. The molecule has 0 amide bonds. The topological polar surface area (TPSA) is 44.8 Å². The van der Waals surface area contributed by atoms with E-state index in [1.165, 1.54) is 14.0 Å². The van der Waals surface area contributed by atoms with Crippen LogP contribution in [0.4, 0.5) is 0 Å². The summed E-state index contributed by atoms with van der Waals surface area (Å²) < 4.78 is 15.8. The SMILES string of the molecule is COc1cc(OC)c2ccccc2c1OC(C)=O. The lowest BCUT2D eigenvalue weighted by atomic mass is 10.1. The standard InChI is InChI=1S/C14H14O4/c1-9(15)18-14-11-7-5-4-6-10(11)12(16-2)8-13(14)17-3/h4-8H,1-3H3. The minimum atomic E-state index is -0.386. The Bertz CT molecular complexity index is 590. The Hall–Kier alpha value is -2.23. The van der Waals surface area contributed by atoms with E-state index in [1.54, 1.807) is 13.2 Å². The van der Waals surface area contributed by atoms with Gasteiger partial charge in [-0.1, -0.05) is 24.3 Å². The number of hydrogen-bond donors (Lipinski definition) is 0. The van der Waals surface area contributed by atoms with Crippen LogP contribution >= 0.6 is 0 Å². The molecule has 94 valence electrons. The lowest BCUT2D eigenvalue weighted by Gasteiger charge is -2.14. The van der Waals surface area contributed by atoms with E-state index < -0.39 is 0 Å². The van der Waals surface area contributed by atoms with Gasteiger partial charge < -0.3 is 14.2 Å². The first-order valence-corrected chi connectivity index (χ1v) is 5.49. The van der Waals surface area contributed by atoms with Crippen molar-refractivity contribution < 1.29 is 19.0 Å². The maximum Gasteiger partial charge on any atom is 0.308 e. The van der Waals surface area contributed by atoms with Gasteiger partial charge in [-0.05, 0) is 0 Å². The maximum absolute atomic E-state index is 11.2. The highest BCUT2D eigenvalue weighted by Gasteiger charge is 2.15. The van der Waals surface area contributed by atoms with E-state index in [2.05, 4.69) is 0 Å². The van der Waals surface area contributed by atoms with Crippen LogP contribution in [0.25, 0.3) is 10.8 Å². The quantitative estimate of drug-likeness (QED) is 0.617. The number of carbonyl (C=O) groups is 1. The Labute approximate surface area is 105 Å². The minimum Gasteiger partial charge on any atom is -0.496 e. The summed E-state index contributed by atoms with van der Waals surface area (Å²) in [4.78, 5) is 11.2. The molecular weight excluding hydrogens is 232 g/mol. The highest BCUT2D eigenvalue weighted by atomic mass is 16.6. The maximum atomic E-state index is 11.2. The van der Waals surface area contributed by atoms with Crippen LogP contribution in [0.3, 0.4) is 0 Å². The lowest BCUT2D eigenvalue weighted by Crippen LogP contribution is -2.04. The second-order valence-electron chi connectivity index (χ2n) is 3.75. The Balaban J connectivity index is 2.76. The van der Waals surface area contributed by atoms with Gasteiger partial charge in [-0.25, -0.2) is 0 Å². The number of esters is 1. The summed E-state index contributed by atoms with van der Waals surface area (Å²) in [5, 5.41) is 1.65. The van der Waals surface area contributed by atoms with Crippen molar-refractivity contribution in [3.8, 4) is 17.2 Å². The molecule has 2 aromatic carbocycles. The second kappa shape index (κ2) is 4.96. The molecule has 0 spiro atoms. The molecule has 0 radical (unpaired) electrons. The van der Waals surface area contributed by atoms with E-state index >= 15 is 0 Å². The average molecular weight is 246 g/mol.